The van der Waals surface area contributed by atoms with Crippen LogP contribution in [0.15, 0.2) is 0 Å². The predicted octanol–water partition coefficient (Wildman–Crippen LogP) is 1.48. The van der Waals surface area contributed by atoms with Gasteiger partial charge in [0.1, 0.15) is 6.04 Å². The van der Waals surface area contributed by atoms with E-state index < -0.39 is 66.5 Å². The maximum atomic E-state index is 13.8. The lowest BCUT2D eigenvalue weighted by Gasteiger charge is -2.37. The number of nitrogens with one attached hydrogen (secondary N) is 2. The van der Waals surface area contributed by atoms with Gasteiger partial charge in [-0.15, -0.1) is 0 Å². The van der Waals surface area contributed by atoms with E-state index in [0.29, 0.717) is 32.1 Å². The number of carboxylic acid groups (broad SMARTS) is 1. The van der Waals surface area contributed by atoms with Crippen molar-refractivity contribution in [2.75, 3.05) is 21.1 Å². The number of rotatable bonds is 20. The molecular formula is C27H51N3O8. The first-order valence-electron chi connectivity index (χ1n) is 13.6. The highest BCUT2D eigenvalue weighted by Crippen LogP contribution is 2.29. The summed E-state index contributed by atoms with van der Waals surface area (Å²) in [6.07, 6.45) is 0.670. The van der Waals surface area contributed by atoms with E-state index in [1.54, 1.807) is 34.9 Å². The van der Waals surface area contributed by atoms with Gasteiger partial charge in [-0.25, -0.2) is 4.79 Å². The number of carboxylic acids is 1. The number of likely N-dealkylation sites (N-methyl/N-ethyl adjacent to an activating group) is 3. The van der Waals surface area contributed by atoms with Gasteiger partial charge in [0.05, 0.1) is 30.7 Å². The Hall–Kier alpha value is -2.08. The number of aliphatic hydroxyl groups excluding tert-OH is 2. The Morgan fingerprint density at radius 3 is 1.97 bits per heavy atom. The Morgan fingerprint density at radius 2 is 1.53 bits per heavy atom. The lowest BCUT2D eigenvalue weighted by molar-refractivity contribution is -0.186. The zero-order chi connectivity index (χ0) is 29.6. The SMILES string of the molecule is CCCC[C@@H](NC)C(=O)OC(CC(=O)[C@@H]([C@H](C)CCCC(C)O)N(C)C(=O)[C@@H](C)NC)(CC(C)O)C(=O)O. The lowest BCUT2D eigenvalue weighted by Crippen LogP contribution is -2.56. The van der Waals surface area contributed by atoms with E-state index in [2.05, 4.69) is 10.6 Å². The quantitative estimate of drug-likeness (QED) is 0.141. The summed E-state index contributed by atoms with van der Waals surface area (Å²) in [5.74, 6) is -3.66. The highest BCUT2D eigenvalue weighted by atomic mass is 16.6. The molecule has 0 aromatic carbocycles. The maximum Gasteiger partial charge on any atom is 0.348 e. The molecule has 1 amide bonds. The molecule has 38 heavy (non-hydrogen) atoms. The van der Waals surface area contributed by atoms with Crippen LogP contribution in [0, 0.1) is 5.92 Å². The standard InChI is InChI=1S/C27H51N3O8/c1-9-10-14-21(29-7)25(35)38-27(26(36)37,15-19(4)32)16-22(33)23(17(2)12-11-13-18(3)31)30(8)24(34)20(5)28-6/h17-21,23,28-29,31-32H,9-16H2,1-8H3,(H,36,37)/t17-,18?,19?,20-,21-,23-,27?/m1/s1. The van der Waals surface area contributed by atoms with Gasteiger partial charge in [-0.1, -0.05) is 33.1 Å². The number of Topliss-reactive ketones (excluding diaryl/α,β-unsaturated/α-hetero) is 1. The molecule has 7 atom stereocenters. The van der Waals surface area contributed by atoms with Crippen molar-refractivity contribution in [2.24, 2.45) is 5.92 Å². The summed E-state index contributed by atoms with van der Waals surface area (Å²) in [7, 11) is 4.68. The van der Waals surface area contributed by atoms with Gasteiger partial charge in [0.2, 0.25) is 11.5 Å². The van der Waals surface area contributed by atoms with E-state index in [0.717, 1.165) is 6.42 Å². The number of carbonyl (C=O) groups excluding carboxylic acids is 3. The summed E-state index contributed by atoms with van der Waals surface area (Å²) in [6.45, 7) is 8.44. The van der Waals surface area contributed by atoms with Crippen molar-refractivity contribution < 1.29 is 39.2 Å². The second kappa shape index (κ2) is 17.5. The van der Waals surface area contributed by atoms with Crippen molar-refractivity contribution in [3.63, 3.8) is 0 Å². The zero-order valence-electron chi connectivity index (χ0n) is 24.5. The first-order valence-corrected chi connectivity index (χ1v) is 13.6. The number of esters is 1. The van der Waals surface area contributed by atoms with E-state index in [4.69, 9.17) is 4.74 Å². The number of ketones is 1. The Kier molecular flexibility index (Phi) is 16.5. The highest BCUT2D eigenvalue weighted by molar-refractivity contribution is 5.95. The lowest BCUT2D eigenvalue weighted by atomic mass is 9.83. The number of unbranched alkanes of at least 4 members (excludes halogenated alkanes) is 1. The molecule has 0 aliphatic heterocycles. The molecule has 0 aliphatic carbocycles. The van der Waals surface area contributed by atoms with Crippen LogP contribution in [-0.4, -0.2) is 101 Å². The van der Waals surface area contributed by atoms with Crippen LogP contribution in [0.25, 0.3) is 0 Å². The van der Waals surface area contributed by atoms with Crippen molar-refractivity contribution in [3.05, 3.63) is 0 Å². The van der Waals surface area contributed by atoms with Crippen LogP contribution in [0.5, 0.6) is 0 Å². The van der Waals surface area contributed by atoms with Gasteiger partial charge in [-0.05, 0) is 60.0 Å². The molecule has 0 heterocycles. The van der Waals surface area contributed by atoms with Gasteiger partial charge < -0.3 is 35.6 Å². The normalized spacial score (nSPS) is 17.8. The van der Waals surface area contributed by atoms with E-state index in [1.165, 1.54) is 18.9 Å². The second-order valence-electron chi connectivity index (χ2n) is 10.6. The van der Waals surface area contributed by atoms with E-state index in [-0.39, 0.29) is 11.8 Å². The van der Waals surface area contributed by atoms with Crippen molar-refractivity contribution >= 4 is 23.6 Å². The number of aliphatic hydroxyl groups is 2. The first kappa shape index (κ1) is 35.9. The summed E-state index contributed by atoms with van der Waals surface area (Å²) in [4.78, 5) is 53.7. The molecule has 0 spiro atoms. The molecule has 0 rings (SSSR count). The number of aliphatic carboxylic acids is 1. The molecule has 0 fully saturated rings. The minimum absolute atomic E-state index is 0.350. The third-order valence-corrected chi connectivity index (χ3v) is 6.97. The molecule has 0 bridgehead atoms. The largest absolute Gasteiger partial charge is 0.478 e. The van der Waals surface area contributed by atoms with E-state index in [9.17, 15) is 34.5 Å². The van der Waals surface area contributed by atoms with Gasteiger partial charge in [0.15, 0.2) is 5.78 Å². The van der Waals surface area contributed by atoms with Crippen molar-refractivity contribution in [1.29, 1.82) is 0 Å². The topological polar surface area (TPSA) is 165 Å². The maximum absolute atomic E-state index is 13.8. The van der Waals surface area contributed by atoms with E-state index in [1.807, 2.05) is 6.92 Å². The Labute approximate surface area is 227 Å². The van der Waals surface area contributed by atoms with Gasteiger partial charge >= 0.3 is 11.9 Å². The molecule has 11 nitrogen and oxygen atoms in total. The molecule has 0 aromatic heterocycles. The van der Waals surface area contributed by atoms with Crippen LogP contribution in [0.1, 0.15) is 86.0 Å². The predicted molar refractivity (Wildman–Crippen MR) is 145 cm³/mol. The van der Waals surface area contributed by atoms with Crippen molar-refractivity contribution in [1.82, 2.24) is 15.5 Å². The summed E-state index contributed by atoms with van der Waals surface area (Å²) < 4.78 is 5.55. The van der Waals surface area contributed by atoms with Gasteiger partial charge in [0.25, 0.3) is 0 Å². The van der Waals surface area contributed by atoms with Crippen LogP contribution >= 0.6 is 0 Å². The molecule has 3 unspecified atom stereocenters. The van der Waals surface area contributed by atoms with Gasteiger partial charge in [0, 0.05) is 13.5 Å². The number of carbonyl (C=O) groups is 4. The summed E-state index contributed by atoms with van der Waals surface area (Å²) in [5.41, 5.74) is -2.31. The fraction of sp³-hybridized carbons (Fsp3) is 0.852. The monoisotopic (exact) mass is 545 g/mol. The van der Waals surface area contributed by atoms with E-state index >= 15 is 0 Å². The van der Waals surface area contributed by atoms with Crippen LogP contribution in [-0.2, 0) is 23.9 Å². The molecule has 0 aliphatic rings. The number of hydrogen-bond donors (Lipinski definition) is 5. The number of amides is 1. The van der Waals surface area contributed by atoms with Crippen LogP contribution < -0.4 is 10.6 Å². The second-order valence-corrected chi connectivity index (χ2v) is 10.6. The first-order chi connectivity index (χ1) is 17.7. The fourth-order valence-electron chi connectivity index (χ4n) is 4.65. The van der Waals surface area contributed by atoms with Gasteiger partial charge in [-0.2, -0.15) is 0 Å². The number of hydrogen-bond acceptors (Lipinski definition) is 9. The summed E-state index contributed by atoms with van der Waals surface area (Å²) >= 11 is 0. The van der Waals surface area contributed by atoms with Crippen molar-refractivity contribution in [3.8, 4) is 0 Å². The molecule has 0 saturated carbocycles. The highest BCUT2D eigenvalue weighted by Gasteiger charge is 2.49. The number of nitrogens with zero attached hydrogens (tertiary/aromatic N) is 1. The molecule has 0 radical (unpaired) electrons. The fourth-order valence-corrected chi connectivity index (χ4v) is 4.65. The minimum atomic E-state index is -2.31. The molecular weight excluding hydrogens is 494 g/mol. The Balaban J connectivity index is 6.32. The molecule has 5 N–H and O–H groups in total. The van der Waals surface area contributed by atoms with Crippen molar-refractivity contribution in [2.45, 2.75) is 122 Å². The molecule has 222 valence electrons. The zero-order valence-corrected chi connectivity index (χ0v) is 24.5. The van der Waals surface area contributed by atoms with Crippen LogP contribution in [0.3, 0.4) is 0 Å². The van der Waals surface area contributed by atoms with Crippen LogP contribution in [0.4, 0.5) is 0 Å². The summed E-state index contributed by atoms with van der Waals surface area (Å²) in [5, 5.41) is 35.7. The van der Waals surface area contributed by atoms with Gasteiger partial charge in [-0.3, -0.25) is 14.4 Å². The molecule has 0 aromatic rings. The average molecular weight is 546 g/mol. The average Bonchev–Trinajstić information content (AvgIpc) is 2.82. The minimum Gasteiger partial charge on any atom is -0.478 e. The van der Waals surface area contributed by atoms with Crippen LogP contribution in [0.2, 0.25) is 0 Å². The summed E-state index contributed by atoms with van der Waals surface area (Å²) in [6, 6.07) is -2.36. The Morgan fingerprint density at radius 1 is 0.921 bits per heavy atom. The number of ether oxygens (including phenoxy) is 1. The molecule has 0 saturated heterocycles. The third-order valence-electron chi connectivity index (χ3n) is 6.97. The smallest absolute Gasteiger partial charge is 0.348 e. The molecule has 11 heteroatoms. The third kappa shape index (κ3) is 11.3. The Bertz CT molecular complexity index is 761.